The highest BCUT2D eigenvalue weighted by Crippen LogP contribution is 2.22. The number of thioether (sulfide) groups is 1. The Labute approximate surface area is 127 Å². The van der Waals surface area contributed by atoms with Crippen LogP contribution in [0.25, 0.3) is 0 Å². The maximum atomic E-state index is 13.6. The zero-order valence-electron chi connectivity index (χ0n) is 11.7. The van der Waals surface area contributed by atoms with E-state index >= 15 is 0 Å². The molecule has 0 aliphatic carbocycles. The third-order valence-electron chi connectivity index (χ3n) is 2.97. The molecular weight excluding hydrogens is 292 g/mol. The lowest BCUT2D eigenvalue weighted by Crippen LogP contribution is -2.25. The molecule has 0 spiro atoms. The number of ether oxygens (including phenoxy) is 1. The number of hydrogen-bond donors (Lipinski definition) is 1. The minimum absolute atomic E-state index is 0.133. The van der Waals surface area contributed by atoms with Crippen molar-refractivity contribution in [1.29, 1.82) is 0 Å². The molecule has 2 rings (SSSR count). The van der Waals surface area contributed by atoms with Gasteiger partial charge in [-0.15, -0.1) is 11.8 Å². The Hall–Kier alpha value is -1.59. The van der Waals surface area contributed by atoms with Gasteiger partial charge in [0.05, 0.1) is 7.11 Å². The Kier molecular flexibility index (Phi) is 5.59. The molecule has 21 heavy (non-hydrogen) atoms. The lowest BCUT2D eigenvalue weighted by atomic mass is 10.1. The molecule has 1 atom stereocenters. The van der Waals surface area contributed by atoms with E-state index in [1.807, 2.05) is 6.07 Å². The van der Waals surface area contributed by atoms with Crippen molar-refractivity contribution in [3.05, 3.63) is 59.7 Å². The molecule has 1 unspecified atom stereocenters. The van der Waals surface area contributed by atoms with Crippen LogP contribution in [0.4, 0.5) is 8.78 Å². The summed E-state index contributed by atoms with van der Waals surface area (Å²) in [5, 5.41) is 0. The molecule has 0 saturated heterocycles. The van der Waals surface area contributed by atoms with Gasteiger partial charge in [0, 0.05) is 16.7 Å². The first-order valence-electron chi connectivity index (χ1n) is 6.55. The molecule has 0 saturated carbocycles. The zero-order chi connectivity index (χ0) is 15.2. The second kappa shape index (κ2) is 7.43. The van der Waals surface area contributed by atoms with Crippen LogP contribution in [0.5, 0.6) is 5.75 Å². The molecular formula is C16H17F2NOS. The summed E-state index contributed by atoms with van der Waals surface area (Å²) < 4.78 is 31.5. The number of benzene rings is 2. The fourth-order valence-corrected chi connectivity index (χ4v) is 2.85. The number of halogens is 2. The van der Waals surface area contributed by atoms with Crippen LogP contribution in [-0.4, -0.2) is 18.9 Å². The number of methoxy groups -OCH3 is 1. The molecule has 0 aromatic heterocycles. The van der Waals surface area contributed by atoms with Gasteiger partial charge in [0.25, 0.3) is 0 Å². The number of hydrogen-bond acceptors (Lipinski definition) is 3. The molecule has 0 fully saturated rings. The minimum atomic E-state index is -0.389. The van der Waals surface area contributed by atoms with Crippen LogP contribution in [0.1, 0.15) is 5.56 Å². The van der Waals surface area contributed by atoms with E-state index in [1.165, 1.54) is 37.1 Å². The van der Waals surface area contributed by atoms with E-state index in [2.05, 4.69) is 0 Å². The quantitative estimate of drug-likeness (QED) is 0.828. The van der Waals surface area contributed by atoms with Gasteiger partial charge in [-0.2, -0.15) is 0 Å². The summed E-state index contributed by atoms with van der Waals surface area (Å²) in [5.41, 5.74) is 6.86. The van der Waals surface area contributed by atoms with Crippen LogP contribution in [0.15, 0.2) is 47.4 Å². The van der Waals surface area contributed by atoms with Crippen LogP contribution in [0.2, 0.25) is 0 Å². The molecule has 0 bridgehead atoms. The van der Waals surface area contributed by atoms with Crippen LogP contribution < -0.4 is 10.5 Å². The summed E-state index contributed by atoms with van der Waals surface area (Å²) in [7, 11) is 1.43. The summed E-state index contributed by atoms with van der Waals surface area (Å²) in [6.45, 7) is 0. The van der Waals surface area contributed by atoms with Crippen molar-refractivity contribution in [1.82, 2.24) is 0 Å². The third-order valence-corrected chi connectivity index (χ3v) is 4.16. The first-order chi connectivity index (χ1) is 10.1. The van der Waals surface area contributed by atoms with E-state index in [9.17, 15) is 8.78 Å². The summed E-state index contributed by atoms with van der Waals surface area (Å²) >= 11 is 1.49. The van der Waals surface area contributed by atoms with Crippen molar-refractivity contribution in [2.75, 3.05) is 12.9 Å². The van der Waals surface area contributed by atoms with Crippen LogP contribution in [0.3, 0.4) is 0 Å². The normalized spacial score (nSPS) is 12.2. The van der Waals surface area contributed by atoms with E-state index in [-0.39, 0.29) is 23.4 Å². The SMILES string of the molecule is COc1ccc(CC(N)CSc2cccc(F)c2)cc1F. The second-order valence-corrected chi connectivity index (χ2v) is 5.79. The fraction of sp³-hybridized carbons (Fsp3) is 0.250. The summed E-state index contributed by atoms with van der Waals surface area (Å²) in [5.74, 6) is 0.212. The lowest BCUT2D eigenvalue weighted by Gasteiger charge is -2.12. The van der Waals surface area contributed by atoms with Crippen LogP contribution in [-0.2, 0) is 6.42 Å². The minimum Gasteiger partial charge on any atom is -0.494 e. The van der Waals surface area contributed by atoms with E-state index < -0.39 is 0 Å². The summed E-state index contributed by atoms with van der Waals surface area (Å²) in [6.07, 6.45) is 0.559. The Bertz CT molecular complexity index is 607. The highest BCUT2D eigenvalue weighted by molar-refractivity contribution is 7.99. The molecule has 0 aliphatic rings. The molecule has 2 nitrogen and oxygen atoms in total. The Balaban J connectivity index is 1.89. The van der Waals surface area contributed by atoms with Crippen molar-refractivity contribution in [3.8, 4) is 5.75 Å². The monoisotopic (exact) mass is 309 g/mol. The van der Waals surface area contributed by atoms with Gasteiger partial charge >= 0.3 is 0 Å². The molecule has 2 aromatic rings. The van der Waals surface area contributed by atoms with Gasteiger partial charge in [-0.25, -0.2) is 8.78 Å². The molecule has 0 heterocycles. The molecule has 112 valence electrons. The molecule has 2 aromatic carbocycles. The van der Waals surface area contributed by atoms with Gasteiger partial charge < -0.3 is 10.5 Å². The van der Waals surface area contributed by atoms with Gasteiger partial charge in [0.15, 0.2) is 11.6 Å². The van der Waals surface area contributed by atoms with Gasteiger partial charge in [0.2, 0.25) is 0 Å². The van der Waals surface area contributed by atoms with Crippen molar-refractivity contribution < 1.29 is 13.5 Å². The van der Waals surface area contributed by atoms with Crippen molar-refractivity contribution in [2.45, 2.75) is 17.4 Å². The highest BCUT2D eigenvalue weighted by atomic mass is 32.2. The maximum absolute atomic E-state index is 13.6. The third kappa shape index (κ3) is 4.72. The summed E-state index contributed by atoms with van der Waals surface area (Å²) in [6, 6.07) is 11.1. The first-order valence-corrected chi connectivity index (χ1v) is 7.53. The average molecular weight is 309 g/mol. The zero-order valence-corrected chi connectivity index (χ0v) is 12.5. The Morgan fingerprint density at radius 3 is 2.67 bits per heavy atom. The molecule has 2 N–H and O–H groups in total. The lowest BCUT2D eigenvalue weighted by molar-refractivity contribution is 0.386. The molecule has 0 aliphatic heterocycles. The van der Waals surface area contributed by atoms with Gasteiger partial charge in [0.1, 0.15) is 5.82 Å². The Morgan fingerprint density at radius 2 is 2.00 bits per heavy atom. The Morgan fingerprint density at radius 1 is 1.19 bits per heavy atom. The topological polar surface area (TPSA) is 35.2 Å². The maximum Gasteiger partial charge on any atom is 0.165 e. The molecule has 0 radical (unpaired) electrons. The van der Waals surface area contributed by atoms with E-state index in [0.29, 0.717) is 12.2 Å². The average Bonchev–Trinajstić information content (AvgIpc) is 2.45. The number of nitrogens with two attached hydrogens (primary N) is 1. The van der Waals surface area contributed by atoms with Crippen molar-refractivity contribution >= 4 is 11.8 Å². The van der Waals surface area contributed by atoms with Crippen LogP contribution in [0, 0.1) is 11.6 Å². The van der Waals surface area contributed by atoms with Crippen molar-refractivity contribution in [2.24, 2.45) is 5.73 Å². The predicted molar refractivity (Wildman–Crippen MR) is 81.8 cm³/mol. The standard InChI is InChI=1S/C16H17F2NOS/c1-20-16-6-5-11(8-15(16)18)7-13(19)10-21-14-4-2-3-12(17)9-14/h2-6,8-9,13H,7,10,19H2,1H3. The van der Waals surface area contributed by atoms with Gasteiger partial charge in [-0.1, -0.05) is 12.1 Å². The van der Waals surface area contributed by atoms with E-state index in [4.69, 9.17) is 10.5 Å². The molecule has 0 amide bonds. The second-order valence-electron chi connectivity index (χ2n) is 4.70. The van der Waals surface area contributed by atoms with Crippen molar-refractivity contribution in [3.63, 3.8) is 0 Å². The smallest absolute Gasteiger partial charge is 0.165 e. The summed E-state index contributed by atoms with van der Waals surface area (Å²) in [4.78, 5) is 0.839. The number of rotatable bonds is 6. The first kappa shape index (κ1) is 15.8. The highest BCUT2D eigenvalue weighted by Gasteiger charge is 2.09. The van der Waals surface area contributed by atoms with E-state index in [0.717, 1.165) is 10.5 Å². The van der Waals surface area contributed by atoms with E-state index in [1.54, 1.807) is 18.2 Å². The largest absolute Gasteiger partial charge is 0.494 e. The van der Waals surface area contributed by atoms with Gasteiger partial charge in [-0.3, -0.25) is 0 Å². The van der Waals surface area contributed by atoms with Gasteiger partial charge in [-0.05, 0) is 42.3 Å². The molecule has 5 heteroatoms. The fourth-order valence-electron chi connectivity index (χ4n) is 1.96. The van der Waals surface area contributed by atoms with Crippen LogP contribution >= 0.6 is 11.8 Å². The predicted octanol–water partition coefficient (Wildman–Crippen LogP) is 3.64.